The normalized spacial score (nSPS) is 10.9. The highest BCUT2D eigenvalue weighted by atomic mass is 32.1. The highest BCUT2D eigenvalue weighted by Crippen LogP contribution is 2.20. The SMILES string of the molecule is CCC(CC)N(CCOC)C(=O)c1cccc(OCc2cccs2)c1. The summed E-state index contributed by atoms with van der Waals surface area (Å²) >= 11 is 1.66. The molecule has 136 valence electrons. The first-order chi connectivity index (χ1) is 12.2. The van der Waals surface area contributed by atoms with Crippen LogP contribution in [-0.2, 0) is 11.3 Å². The third-order valence-corrected chi connectivity index (χ3v) is 5.07. The Morgan fingerprint density at radius 1 is 1.20 bits per heavy atom. The minimum Gasteiger partial charge on any atom is -0.488 e. The van der Waals surface area contributed by atoms with E-state index in [9.17, 15) is 4.79 Å². The standard InChI is InChI=1S/C20H27NO3S/c1-4-17(5-2)21(11-12-23-3)20(22)16-8-6-9-18(14-16)24-15-19-10-7-13-25-19/h6-10,13-14,17H,4-5,11-12,15H2,1-3H3. The fraction of sp³-hybridized carbons (Fsp3) is 0.450. The first-order valence-electron chi connectivity index (χ1n) is 8.74. The van der Waals surface area contributed by atoms with Gasteiger partial charge in [0.15, 0.2) is 0 Å². The molecule has 0 unspecified atom stereocenters. The van der Waals surface area contributed by atoms with E-state index < -0.39 is 0 Å². The maximum absolute atomic E-state index is 13.0. The summed E-state index contributed by atoms with van der Waals surface area (Å²) in [6.45, 7) is 5.89. The number of hydrogen-bond donors (Lipinski definition) is 0. The number of carbonyl (C=O) groups excluding carboxylic acids is 1. The van der Waals surface area contributed by atoms with Gasteiger partial charge in [0, 0.05) is 30.1 Å². The average molecular weight is 362 g/mol. The summed E-state index contributed by atoms with van der Waals surface area (Å²) in [5.41, 5.74) is 0.659. The molecule has 1 aromatic heterocycles. The highest BCUT2D eigenvalue weighted by molar-refractivity contribution is 7.09. The molecule has 0 bridgehead atoms. The van der Waals surface area contributed by atoms with Gasteiger partial charge in [-0.25, -0.2) is 0 Å². The summed E-state index contributed by atoms with van der Waals surface area (Å²) in [6, 6.07) is 11.7. The summed E-state index contributed by atoms with van der Waals surface area (Å²) in [4.78, 5) is 16.1. The molecule has 4 nitrogen and oxygen atoms in total. The van der Waals surface area contributed by atoms with Crippen LogP contribution in [0.2, 0.25) is 0 Å². The number of amides is 1. The molecule has 25 heavy (non-hydrogen) atoms. The van der Waals surface area contributed by atoms with Crippen LogP contribution < -0.4 is 4.74 Å². The first kappa shape index (κ1) is 19.5. The second-order valence-electron chi connectivity index (χ2n) is 5.86. The molecule has 0 aliphatic carbocycles. The molecule has 5 heteroatoms. The minimum absolute atomic E-state index is 0.0346. The van der Waals surface area contributed by atoms with Crippen LogP contribution >= 0.6 is 11.3 Å². The van der Waals surface area contributed by atoms with Gasteiger partial charge in [-0.3, -0.25) is 4.79 Å². The number of thiophene rings is 1. The Morgan fingerprint density at radius 2 is 2.00 bits per heavy atom. The van der Waals surface area contributed by atoms with Gasteiger partial charge < -0.3 is 14.4 Å². The quantitative estimate of drug-likeness (QED) is 0.620. The molecule has 0 atom stereocenters. The molecule has 0 N–H and O–H groups in total. The first-order valence-corrected chi connectivity index (χ1v) is 9.62. The van der Waals surface area contributed by atoms with Crippen molar-refractivity contribution in [1.82, 2.24) is 4.90 Å². The highest BCUT2D eigenvalue weighted by Gasteiger charge is 2.22. The van der Waals surface area contributed by atoms with Crippen molar-refractivity contribution in [2.24, 2.45) is 0 Å². The van der Waals surface area contributed by atoms with Gasteiger partial charge in [-0.1, -0.05) is 26.0 Å². The van der Waals surface area contributed by atoms with Gasteiger partial charge in [0.05, 0.1) is 6.61 Å². The van der Waals surface area contributed by atoms with Gasteiger partial charge >= 0.3 is 0 Å². The zero-order valence-corrected chi connectivity index (χ0v) is 16.1. The summed E-state index contributed by atoms with van der Waals surface area (Å²) in [5, 5.41) is 2.03. The number of carbonyl (C=O) groups is 1. The van der Waals surface area contributed by atoms with Crippen LogP contribution in [0.25, 0.3) is 0 Å². The second-order valence-corrected chi connectivity index (χ2v) is 6.89. The van der Waals surface area contributed by atoms with E-state index in [4.69, 9.17) is 9.47 Å². The van der Waals surface area contributed by atoms with Crippen LogP contribution in [0.3, 0.4) is 0 Å². The van der Waals surface area contributed by atoms with E-state index in [1.807, 2.05) is 46.7 Å². The van der Waals surface area contributed by atoms with Gasteiger partial charge in [-0.2, -0.15) is 0 Å². The van der Waals surface area contributed by atoms with Crippen LogP contribution in [0.15, 0.2) is 41.8 Å². The number of benzene rings is 1. The van der Waals surface area contributed by atoms with Crippen molar-refractivity contribution in [1.29, 1.82) is 0 Å². The number of nitrogens with zero attached hydrogens (tertiary/aromatic N) is 1. The van der Waals surface area contributed by atoms with E-state index in [1.165, 1.54) is 0 Å². The predicted octanol–water partition coefficient (Wildman–Crippen LogP) is 4.60. The van der Waals surface area contributed by atoms with E-state index in [-0.39, 0.29) is 11.9 Å². The van der Waals surface area contributed by atoms with Gasteiger partial charge in [-0.05, 0) is 42.5 Å². The Balaban J connectivity index is 2.11. The molecule has 0 saturated heterocycles. The monoisotopic (exact) mass is 361 g/mol. The molecule has 1 heterocycles. The summed E-state index contributed by atoms with van der Waals surface area (Å²) in [6.07, 6.45) is 1.86. The van der Waals surface area contributed by atoms with Crippen molar-refractivity contribution in [2.75, 3.05) is 20.3 Å². The lowest BCUT2D eigenvalue weighted by atomic mass is 10.1. The number of rotatable bonds is 10. The molecule has 2 rings (SSSR count). The zero-order chi connectivity index (χ0) is 18.1. The molecule has 0 fully saturated rings. The summed E-state index contributed by atoms with van der Waals surface area (Å²) in [7, 11) is 1.66. The van der Waals surface area contributed by atoms with E-state index >= 15 is 0 Å². The van der Waals surface area contributed by atoms with Gasteiger partial charge in [-0.15, -0.1) is 11.3 Å². The summed E-state index contributed by atoms with van der Waals surface area (Å²) in [5.74, 6) is 0.753. The van der Waals surface area contributed by atoms with Crippen LogP contribution in [0.5, 0.6) is 5.75 Å². The Bertz CT molecular complexity index is 638. The van der Waals surface area contributed by atoms with Gasteiger partial charge in [0.1, 0.15) is 12.4 Å². The largest absolute Gasteiger partial charge is 0.488 e. The molecule has 0 aliphatic rings. The lowest BCUT2D eigenvalue weighted by Gasteiger charge is -2.30. The minimum atomic E-state index is 0.0346. The molecule has 1 amide bonds. The number of hydrogen-bond acceptors (Lipinski definition) is 4. The van der Waals surface area contributed by atoms with E-state index in [2.05, 4.69) is 13.8 Å². The molecule has 0 radical (unpaired) electrons. The smallest absolute Gasteiger partial charge is 0.254 e. The number of ether oxygens (including phenoxy) is 2. The van der Waals surface area contributed by atoms with Gasteiger partial charge in [0.25, 0.3) is 5.91 Å². The Morgan fingerprint density at radius 3 is 2.64 bits per heavy atom. The third kappa shape index (κ3) is 5.58. The van der Waals surface area contributed by atoms with Crippen molar-refractivity contribution in [3.8, 4) is 5.75 Å². The average Bonchev–Trinajstić information content (AvgIpc) is 3.17. The lowest BCUT2D eigenvalue weighted by molar-refractivity contribution is 0.0589. The van der Waals surface area contributed by atoms with Crippen molar-refractivity contribution >= 4 is 17.2 Å². The zero-order valence-electron chi connectivity index (χ0n) is 15.2. The topological polar surface area (TPSA) is 38.8 Å². The molecule has 0 spiro atoms. The van der Waals surface area contributed by atoms with Crippen molar-refractivity contribution < 1.29 is 14.3 Å². The fourth-order valence-electron chi connectivity index (χ4n) is 2.80. The van der Waals surface area contributed by atoms with Crippen LogP contribution in [0.4, 0.5) is 0 Å². The van der Waals surface area contributed by atoms with E-state index in [1.54, 1.807) is 18.4 Å². The third-order valence-electron chi connectivity index (χ3n) is 4.22. The molecular weight excluding hydrogens is 334 g/mol. The molecule has 1 aromatic carbocycles. The fourth-order valence-corrected chi connectivity index (χ4v) is 3.42. The van der Waals surface area contributed by atoms with Crippen LogP contribution in [-0.4, -0.2) is 37.1 Å². The van der Waals surface area contributed by atoms with E-state index in [0.717, 1.165) is 23.5 Å². The maximum Gasteiger partial charge on any atom is 0.254 e. The van der Waals surface area contributed by atoms with E-state index in [0.29, 0.717) is 25.3 Å². The van der Waals surface area contributed by atoms with Crippen molar-refractivity contribution in [2.45, 2.75) is 39.3 Å². The molecular formula is C20H27NO3S. The summed E-state index contributed by atoms with van der Waals surface area (Å²) < 4.78 is 11.0. The number of methoxy groups -OCH3 is 1. The van der Waals surface area contributed by atoms with Crippen molar-refractivity contribution in [3.05, 3.63) is 52.2 Å². The molecule has 0 aliphatic heterocycles. The Hall–Kier alpha value is -1.85. The maximum atomic E-state index is 13.0. The Kier molecular flexibility index (Phi) is 7.95. The molecule has 2 aromatic rings. The Labute approximate surface area is 154 Å². The second kappa shape index (κ2) is 10.2. The van der Waals surface area contributed by atoms with Crippen LogP contribution in [0.1, 0.15) is 41.9 Å². The van der Waals surface area contributed by atoms with Crippen molar-refractivity contribution in [3.63, 3.8) is 0 Å². The van der Waals surface area contributed by atoms with Gasteiger partial charge in [0.2, 0.25) is 0 Å². The predicted molar refractivity (Wildman–Crippen MR) is 102 cm³/mol. The van der Waals surface area contributed by atoms with Crippen LogP contribution in [0, 0.1) is 0 Å². The molecule has 0 saturated carbocycles. The lowest BCUT2D eigenvalue weighted by Crippen LogP contribution is -2.41.